The van der Waals surface area contributed by atoms with Gasteiger partial charge in [0.2, 0.25) is 5.91 Å². The van der Waals surface area contributed by atoms with E-state index in [0.29, 0.717) is 40.7 Å². The number of unbranched alkanes of at least 4 members (excludes halogenated alkanes) is 4. The molecule has 1 N–H and O–H groups in total. The third-order valence-corrected chi connectivity index (χ3v) is 6.75. The van der Waals surface area contributed by atoms with Crippen LogP contribution in [0.25, 0.3) is 11.3 Å². The SMILES string of the molecule is COCC1(C(=O)O)CCN(C(=O)CCCCCCCn2cc(-c3c(Cl)cccc3Cl)nn2)C1. The van der Waals surface area contributed by atoms with Gasteiger partial charge in [-0.2, -0.15) is 0 Å². The number of aromatic nitrogens is 3. The van der Waals surface area contributed by atoms with Crippen molar-refractivity contribution in [1.82, 2.24) is 19.9 Å². The number of carbonyl (C=O) groups excluding carboxylic acids is 1. The summed E-state index contributed by atoms with van der Waals surface area (Å²) in [4.78, 5) is 25.7. The molecule has 1 aromatic heterocycles. The maximum atomic E-state index is 12.5. The lowest BCUT2D eigenvalue weighted by Crippen LogP contribution is -2.40. The highest BCUT2D eigenvalue weighted by Gasteiger charge is 2.46. The summed E-state index contributed by atoms with van der Waals surface area (Å²) in [5.41, 5.74) is 0.379. The molecule has 10 heteroatoms. The van der Waals surface area contributed by atoms with Crippen molar-refractivity contribution in [3.05, 3.63) is 34.4 Å². The maximum absolute atomic E-state index is 12.5. The number of aryl methyl sites for hydroxylation is 1. The molecule has 8 nitrogen and oxygen atoms in total. The molecule has 0 bridgehead atoms. The van der Waals surface area contributed by atoms with Crippen LogP contribution in [0.1, 0.15) is 44.9 Å². The van der Waals surface area contributed by atoms with Crippen LogP contribution in [0, 0.1) is 5.41 Å². The molecule has 33 heavy (non-hydrogen) atoms. The second-order valence-electron chi connectivity index (χ2n) is 8.57. The summed E-state index contributed by atoms with van der Waals surface area (Å²) in [6, 6.07) is 5.35. The second-order valence-corrected chi connectivity index (χ2v) is 9.38. The van der Waals surface area contributed by atoms with Crippen LogP contribution in [0.15, 0.2) is 24.4 Å². The molecule has 1 aliphatic heterocycles. The average Bonchev–Trinajstić information content (AvgIpc) is 3.41. The number of rotatable bonds is 12. The first-order chi connectivity index (χ1) is 15.9. The fourth-order valence-corrected chi connectivity index (χ4v) is 4.81. The number of hydrogen-bond acceptors (Lipinski definition) is 5. The third kappa shape index (κ3) is 6.46. The Balaban J connectivity index is 1.32. The summed E-state index contributed by atoms with van der Waals surface area (Å²) in [5, 5.41) is 19.0. The van der Waals surface area contributed by atoms with E-state index in [1.807, 2.05) is 6.20 Å². The lowest BCUT2D eigenvalue weighted by atomic mass is 9.88. The van der Waals surface area contributed by atoms with Crippen LogP contribution in [0.3, 0.4) is 0 Å². The van der Waals surface area contributed by atoms with Gasteiger partial charge in [-0.25, -0.2) is 0 Å². The van der Waals surface area contributed by atoms with Crippen molar-refractivity contribution in [1.29, 1.82) is 0 Å². The number of hydrogen-bond donors (Lipinski definition) is 1. The molecule has 3 rings (SSSR count). The average molecular weight is 497 g/mol. The van der Waals surface area contributed by atoms with Crippen molar-refractivity contribution in [3.8, 4) is 11.3 Å². The van der Waals surface area contributed by atoms with E-state index in [4.69, 9.17) is 27.9 Å². The molecular formula is C23H30Cl2N4O4. The molecule has 1 unspecified atom stereocenters. The number of ether oxygens (including phenoxy) is 1. The fourth-order valence-electron chi connectivity index (χ4n) is 4.22. The molecule has 2 heterocycles. The van der Waals surface area contributed by atoms with E-state index in [2.05, 4.69) is 10.3 Å². The Morgan fingerprint density at radius 3 is 2.55 bits per heavy atom. The van der Waals surface area contributed by atoms with Gasteiger partial charge in [0.15, 0.2) is 0 Å². The number of aliphatic carboxylic acids is 1. The van der Waals surface area contributed by atoms with Gasteiger partial charge < -0.3 is 14.7 Å². The standard InChI is InChI=1S/C23H30Cl2N4O4/c1-33-16-23(22(31)32)11-13-28(15-23)20(30)10-5-3-2-4-6-12-29-14-19(26-27-29)21-17(24)8-7-9-18(21)25/h7-9,14H,2-6,10-13,15-16H2,1H3,(H,31,32). The van der Waals surface area contributed by atoms with Gasteiger partial charge >= 0.3 is 5.97 Å². The minimum absolute atomic E-state index is 0.0302. The number of likely N-dealkylation sites (tertiary alicyclic amines) is 1. The van der Waals surface area contributed by atoms with Gasteiger partial charge in [0.05, 0.1) is 22.8 Å². The highest BCUT2D eigenvalue weighted by molar-refractivity contribution is 6.39. The summed E-state index contributed by atoms with van der Waals surface area (Å²) >= 11 is 12.5. The second kappa shape index (κ2) is 11.8. The summed E-state index contributed by atoms with van der Waals surface area (Å²) in [7, 11) is 1.49. The van der Waals surface area contributed by atoms with Crippen LogP contribution in [0.4, 0.5) is 0 Å². The number of benzene rings is 1. The number of halogens is 2. The Hall–Kier alpha value is -2.16. The van der Waals surface area contributed by atoms with Crippen molar-refractivity contribution < 1.29 is 19.4 Å². The van der Waals surface area contributed by atoms with Gasteiger partial charge in [-0.15, -0.1) is 5.10 Å². The molecule has 0 spiro atoms. The van der Waals surface area contributed by atoms with Crippen molar-refractivity contribution in [2.45, 2.75) is 51.5 Å². The number of nitrogens with zero attached hydrogens (tertiary/aromatic N) is 4. The molecule has 0 radical (unpaired) electrons. The minimum Gasteiger partial charge on any atom is -0.481 e. The van der Waals surface area contributed by atoms with Gasteiger partial charge in [-0.3, -0.25) is 14.3 Å². The lowest BCUT2D eigenvalue weighted by Gasteiger charge is -2.23. The van der Waals surface area contributed by atoms with E-state index >= 15 is 0 Å². The van der Waals surface area contributed by atoms with E-state index in [9.17, 15) is 14.7 Å². The summed E-state index contributed by atoms with van der Waals surface area (Å²) in [6.07, 6.45) is 7.50. The Morgan fingerprint density at radius 1 is 1.15 bits per heavy atom. The smallest absolute Gasteiger partial charge is 0.313 e. The molecule has 1 aromatic carbocycles. The predicted molar refractivity (Wildman–Crippen MR) is 126 cm³/mol. The van der Waals surface area contributed by atoms with E-state index in [0.717, 1.165) is 38.6 Å². The van der Waals surface area contributed by atoms with Crippen molar-refractivity contribution in [2.24, 2.45) is 5.41 Å². The Labute approximate surface area is 203 Å². The van der Waals surface area contributed by atoms with Crippen LogP contribution >= 0.6 is 23.2 Å². The van der Waals surface area contributed by atoms with Crippen molar-refractivity contribution in [2.75, 3.05) is 26.8 Å². The highest BCUT2D eigenvalue weighted by Crippen LogP contribution is 2.33. The van der Waals surface area contributed by atoms with Gasteiger partial charge in [-0.1, -0.05) is 53.7 Å². The summed E-state index contributed by atoms with van der Waals surface area (Å²) in [6.45, 7) is 1.59. The van der Waals surface area contributed by atoms with E-state index in [1.54, 1.807) is 27.8 Å². The molecule has 2 aromatic rings. The zero-order chi connectivity index (χ0) is 23.8. The van der Waals surface area contributed by atoms with E-state index < -0.39 is 11.4 Å². The molecule has 1 aliphatic rings. The molecule has 180 valence electrons. The number of carbonyl (C=O) groups is 2. The first-order valence-electron chi connectivity index (χ1n) is 11.2. The highest BCUT2D eigenvalue weighted by atomic mass is 35.5. The van der Waals surface area contributed by atoms with E-state index in [1.165, 1.54) is 7.11 Å². The lowest BCUT2D eigenvalue weighted by molar-refractivity contribution is -0.151. The molecule has 0 saturated carbocycles. The Bertz CT molecular complexity index is 947. The zero-order valence-corrected chi connectivity index (χ0v) is 20.3. The molecule has 0 aliphatic carbocycles. The van der Waals surface area contributed by atoms with Crippen molar-refractivity contribution >= 4 is 35.1 Å². The van der Waals surface area contributed by atoms with Gasteiger partial charge in [0.25, 0.3) is 0 Å². The fraction of sp³-hybridized carbons (Fsp3) is 0.565. The molecular weight excluding hydrogens is 467 g/mol. The van der Waals surface area contributed by atoms with Crippen molar-refractivity contribution in [3.63, 3.8) is 0 Å². The number of methoxy groups -OCH3 is 1. The van der Waals surface area contributed by atoms with Crippen LogP contribution < -0.4 is 0 Å². The molecule has 1 amide bonds. The maximum Gasteiger partial charge on any atom is 0.313 e. The number of carboxylic acids is 1. The van der Waals surface area contributed by atoms with Crippen LogP contribution in [-0.4, -0.2) is 63.7 Å². The number of carboxylic acid groups (broad SMARTS) is 1. The van der Waals surface area contributed by atoms with Crippen LogP contribution in [0.2, 0.25) is 10.0 Å². The summed E-state index contributed by atoms with van der Waals surface area (Å²) < 4.78 is 6.87. The van der Waals surface area contributed by atoms with Crippen LogP contribution in [0.5, 0.6) is 0 Å². The monoisotopic (exact) mass is 496 g/mol. The summed E-state index contributed by atoms with van der Waals surface area (Å²) in [5.74, 6) is -0.864. The van der Waals surface area contributed by atoms with Gasteiger partial charge in [0, 0.05) is 38.7 Å². The Morgan fingerprint density at radius 2 is 1.85 bits per heavy atom. The van der Waals surface area contributed by atoms with Crippen LogP contribution in [-0.2, 0) is 20.9 Å². The third-order valence-electron chi connectivity index (χ3n) is 6.12. The zero-order valence-electron chi connectivity index (χ0n) is 18.8. The topological polar surface area (TPSA) is 97.6 Å². The largest absolute Gasteiger partial charge is 0.481 e. The normalized spacial score (nSPS) is 18.1. The van der Waals surface area contributed by atoms with E-state index in [-0.39, 0.29) is 19.1 Å². The quantitative estimate of drug-likeness (QED) is 0.433. The number of amides is 1. The molecule has 1 saturated heterocycles. The predicted octanol–water partition coefficient (Wildman–Crippen LogP) is 4.54. The first kappa shape index (κ1) is 25.5. The molecule has 1 fully saturated rings. The first-order valence-corrected chi connectivity index (χ1v) is 12.0. The Kier molecular flexibility index (Phi) is 9.11. The molecule has 1 atom stereocenters. The van der Waals surface area contributed by atoms with Gasteiger partial charge in [-0.05, 0) is 31.4 Å². The van der Waals surface area contributed by atoms with Gasteiger partial charge in [0.1, 0.15) is 11.1 Å². The minimum atomic E-state index is -0.969.